The van der Waals surface area contributed by atoms with Crippen LogP contribution in [0.4, 0.5) is 14.5 Å². The molecule has 0 aliphatic heterocycles. The lowest BCUT2D eigenvalue weighted by Gasteiger charge is -2.16. The van der Waals surface area contributed by atoms with E-state index in [0.29, 0.717) is 5.92 Å². The van der Waals surface area contributed by atoms with Crippen LogP contribution in [0.25, 0.3) is 0 Å². The maximum atomic E-state index is 12.0. The first-order valence-corrected chi connectivity index (χ1v) is 6.94. The average Bonchev–Trinajstić information content (AvgIpc) is 2.40. The Bertz CT molecular complexity index is 341. The molecule has 0 aliphatic rings. The van der Waals surface area contributed by atoms with Crippen molar-refractivity contribution in [2.45, 2.75) is 46.1 Å². The number of nitrogens with one attached hydrogen (secondary N) is 1. The number of hydrogen-bond acceptors (Lipinski definition) is 2. The van der Waals surface area contributed by atoms with Crippen molar-refractivity contribution in [3.8, 4) is 5.75 Å². The van der Waals surface area contributed by atoms with E-state index in [-0.39, 0.29) is 5.75 Å². The molecule has 1 unspecified atom stereocenters. The quantitative estimate of drug-likeness (QED) is 0.688. The number of unbranched alkanes of at least 4 members (excludes halogenated alkanes) is 1. The lowest BCUT2D eigenvalue weighted by atomic mass is 9.99. The predicted octanol–water partition coefficient (Wildman–Crippen LogP) is 4.92. The summed E-state index contributed by atoms with van der Waals surface area (Å²) in [5.74, 6) is 0.857. The van der Waals surface area contributed by atoms with Gasteiger partial charge in [-0.1, -0.05) is 33.1 Å². The number of alkyl halides is 2. The topological polar surface area (TPSA) is 21.3 Å². The smallest absolute Gasteiger partial charge is 0.387 e. The Kier molecular flexibility index (Phi) is 7.23. The van der Waals surface area contributed by atoms with Crippen LogP contribution in [0.5, 0.6) is 5.75 Å². The van der Waals surface area contributed by atoms with E-state index in [1.54, 1.807) is 24.3 Å². The highest BCUT2D eigenvalue weighted by Crippen LogP contribution is 2.19. The summed E-state index contributed by atoms with van der Waals surface area (Å²) in [7, 11) is 0. The Hall–Kier alpha value is -1.32. The first-order chi connectivity index (χ1) is 9.15. The molecule has 108 valence electrons. The Morgan fingerprint density at radius 1 is 1.16 bits per heavy atom. The molecule has 1 rings (SSSR count). The molecule has 4 heteroatoms. The van der Waals surface area contributed by atoms with Gasteiger partial charge in [-0.3, -0.25) is 0 Å². The third kappa shape index (κ3) is 6.41. The SMILES string of the molecule is CCCCC(CC)CNc1ccc(OC(F)F)cc1. The van der Waals surface area contributed by atoms with Crippen molar-refractivity contribution < 1.29 is 13.5 Å². The van der Waals surface area contributed by atoms with E-state index >= 15 is 0 Å². The minimum absolute atomic E-state index is 0.193. The number of benzene rings is 1. The van der Waals surface area contributed by atoms with Crippen LogP contribution in [-0.2, 0) is 0 Å². The maximum Gasteiger partial charge on any atom is 0.387 e. The van der Waals surface area contributed by atoms with Crippen molar-refractivity contribution in [1.29, 1.82) is 0 Å². The summed E-state index contributed by atoms with van der Waals surface area (Å²) in [5, 5.41) is 3.34. The monoisotopic (exact) mass is 271 g/mol. The van der Waals surface area contributed by atoms with Crippen LogP contribution >= 0.6 is 0 Å². The van der Waals surface area contributed by atoms with Crippen molar-refractivity contribution in [2.24, 2.45) is 5.92 Å². The number of ether oxygens (including phenoxy) is 1. The van der Waals surface area contributed by atoms with E-state index in [0.717, 1.165) is 18.7 Å². The van der Waals surface area contributed by atoms with Gasteiger partial charge in [-0.2, -0.15) is 8.78 Å². The summed E-state index contributed by atoms with van der Waals surface area (Å²) in [6.07, 6.45) is 4.85. The van der Waals surface area contributed by atoms with Crippen molar-refractivity contribution in [2.75, 3.05) is 11.9 Å². The largest absolute Gasteiger partial charge is 0.435 e. The van der Waals surface area contributed by atoms with E-state index in [1.165, 1.54) is 19.3 Å². The second kappa shape index (κ2) is 8.73. The molecule has 0 aliphatic carbocycles. The highest BCUT2D eigenvalue weighted by atomic mass is 19.3. The molecular formula is C15H23F2NO. The second-order valence-electron chi connectivity index (χ2n) is 4.70. The van der Waals surface area contributed by atoms with Gasteiger partial charge in [-0.25, -0.2) is 0 Å². The van der Waals surface area contributed by atoms with E-state index in [4.69, 9.17) is 0 Å². The molecule has 0 amide bonds. The first kappa shape index (κ1) is 15.7. The number of hydrogen-bond donors (Lipinski definition) is 1. The highest BCUT2D eigenvalue weighted by Gasteiger charge is 2.06. The zero-order valence-corrected chi connectivity index (χ0v) is 11.7. The molecule has 0 fully saturated rings. The van der Waals surface area contributed by atoms with Crippen LogP contribution < -0.4 is 10.1 Å². The van der Waals surface area contributed by atoms with Gasteiger partial charge >= 0.3 is 6.61 Å². The molecule has 0 spiro atoms. The summed E-state index contributed by atoms with van der Waals surface area (Å²) in [5.41, 5.74) is 0.941. The lowest BCUT2D eigenvalue weighted by molar-refractivity contribution is -0.0498. The summed E-state index contributed by atoms with van der Waals surface area (Å²) in [6.45, 7) is 2.55. The minimum Gasteiger partial charge on any atom is -0.435 e. The Morgan fingerprint density at radius 3 is 2.37 bits per heavy atom. The van der Waals surface area contributed by atoms with Crippen LogP contribution in [0.3, 0.4) is 0 Å². The van der Waals surface area contributed by atoms with Crippen LogP contribution in [0.15, 0.2) is 24.3 Å². The normalized spacial score (nSPS) is 12.5. The molecule has 1 aromatic carbocycles. The van der Waals surface area contributed by atoms with E-state index in [1.807, 2.05) is 0 Å². The van der Waals surface area contributed by atoms with Gasteiger partial charge in [0.15, 0.2) is 0 Å². The van der Waals surface area contributed by atoms with Crippen molar-refractivity contribution in [3.63, 3.8) is 0 Å². The van der Waals surface area contributed by atoms with Crippen LogP contribution in [-0.4, -0.2) is 13.2 Å². The summed E-state index contributed by atoms with van der Waals surface area (Å²) in [4.78, 5) is 0. The Morgan fingerprint density at radius 2 is 1.84 bits per heavy atom. The molecule has 1 aromatic rings. The molecule has 0 saturated heterocycles. The third-order valence-corrected chi connectivity index (χ3v) is 3.22. The molecule has 0 heterocycles. The van der Waals surface area contributed by atoms with Crippen LogP contribution in [0.2, 0.25) is 0 Å². The number of anilines is 1. The predicted molar refractivity (Wildman–Crippen MR) is 74.9 cm³/mol. The van der Waals surface area contributed by atoms with E-state index in [9.17, 15) is 8.78 Å². The molecule has 1 atom stereocenters. The first-order valence-electron chi connectivity index (χ1n) is 6.94. The fourth-order valence-corrected chi connectivity index (χ4v) is 1.96. The van der Waals surface area contributed by atoms with Gasteiger partial charge in [0.2, 0.25) is 0 Å². The highest BCUT2D eigenvalue weighted by molar-refractivity contribution is 5.46. The van der Waals surface area contributed by atoms with Gasteiger partial charge in [0.25, 0.3) is 0 Å². The zero-order valence-electron chi connectivity index (χ0n) is 11.7. The van der Waals surface area contributed by atoms with Crippen LogP contribution in [0, 0.1) is 5.92 Å². The molecule has 0 aromatic heterocycles. The third-order valence-electron chi connectivity index (χ3n) is 3.22. The molecule has 19 heavy (non-hydrogen) atoms. The zero-order chi connectivity index (χ0) is 14.1. The average molecular weight is 271 g/mol. The van der Waals surface area contributed by atoms with Crippen molar-refractivity contribution in [1.82, 2.24) is 0 Å². The van der Waals surface area contributed by atoms with Crippen LogP contribution in [0.1, 0.15) is 39.5 Å². The van der Waals surface area contributed by atoms with Crippen molar-refractivity contribution >= 4 is 5.69 Å². The van der Waals surface area contributed by atoms with E-state index < -0.39 is 6.61 Å². The molecule has 0 bridgehead atoms. The molecular weight excluding hydrogens is 248 g/mol. The maximum absolute atomic E-state index is 12.0. The number of halogens is 2. The van der Waals surface area contributed by atoms with Gasteiger partial charge in [0.1, 0.15) is 5.75 Å². The lowest BCUT2D eigenvalue weighted by Crippen LogP contribution is -2.13. The summed E-state index contributed by atoms with van der Waals surface area (Å²) in [6, 6.07) is 6.65. The fraction of sp³-hybridized carbons (Fsp3) is 0.600. The van der Waals surface area contributed by atoms with Gasteiger partial charge < -0.3 is 10.1 Å². The van der Waals surface area contributed by atoms with Gasteiger partial charge in [0, 0.05) is 12.2 Å². The van der Waals surface area contributed by atoms with E-state index in [2.05, 4.69) is 23.9 Å². The molecule has 2 nitrogen and oxygen atoms in total. The Balaban J connectivity index is 2.39. The minimum atomic E-state index is -2.77. The molecule has 1 N–H and O–H groups in total. The van der Waals surface area contributed by atoms with Gasteiger partial charge in [0.05, 0.1) is 0 Å². The summed E-state index contributed by atoms with van der Waals surface area (Å²) >= 11 is 0. The molecule has 0 saturated carbocycles. The number of rotatable bonds is 9. The van der Waals surface area contributed by atoms with Gasteiger partial charge in [-0.05, 0) is 36.6 Å². The van der Waals surface area contributed by atoms with Crippen molar-refractivity contribution in [3.05, 3.63) is 24.3 Å². The Labute approximate surface area is 114 Å². The van der Waals surface area contributed by atoms with Gasteiger partial charge in [-0.15, -0.1) is 0 Å². The molecule has 0 radical (unpaired) electrons. The fourth-order valence-electron chi connectivity index (χ4n) is 1.96. The standard InChI is InChI=1S/C15H23F2NO/c1-3-5-6-12(4-2)11-18-13-7-9-14(10-8-13)19-15(16)17/h7-10,12,15,18H,3-6,11H2,1-2H3. The summed E-state index contributed by atoms with van der Waals surface area (Å²) < 4.78 is 28.3. The second-order valence-corrected chi connectivity index (χ2v) is 4.70.